The molecule has 0 atom stereocenters. The number of anilines is 2. The van der Waals surface area contributed by atoms with E-state index < -0.39 is 36.1 Å². The zero-order valence-corrected chi connectivity index (χ0v) is 13.9. The number of hydrogen-bond donors (Lipinski definition) is 1. The summed E-state index contributed by atoms with van der Waals surface area (Å²) in [6.45, 7) is -0.737. The van der Waals surface area contributed by atoms with Gasteiger partial charge in [0.2, 0.25) is 5.91 Å². The number of nitrogens with zero attached hydrogens (tertiary/aromatic N) is 2. The van der Waals surface area contributed by atoms with E-state index in [0.717, 1.165) is 6.07 Å². The summed E-state index contributed by atoms with van der Waals surface area (Å²) in [5.74, 6) is -3.79. The molecular weight excluding hydrogens is 365 g/mol. The molecule has 0 radical (unpaired) electrons. The first-order valence-corrected chi connectivity index (χ1v) is 7.76. The number of urea groups is 1. The highest BCUT2D eigenvalue weighted by molar-refractivity contribution is 6.53. The molecule has 1 aliphatic heterocycles. The summed E-state index contributed by atoms with van der Waals surface area (Å²) >= 11 is 5.74. The highest BCUT2D eigenvalue weighted by atomic mass is 35.5. The summed E-state index contributed by atoms with van der Waals surface area (Å²) in [5, 5.41) is 2.41. The minimum Gasteiger partial charge on any atom is -0.322 e. The van der Waals surface area contributed by atoms with Gasteiger partial charge >= 0.3 is 17.8 Å². The lowest BCUT2D eigenvalue weighted by Gasteiger charge is -2.15. The molecule has 1 N–H and O–H groups in total. The van der Waals surface area contributed by atoms with Crippen LogP contribution < -0.4 is 10.2 Å². The zero-order chi connectivity index (χ0) is 18.8. The van der Waals surface area contributed by atoms with Gasteiger partial charge in [-0.3, -0.25) is 14.4 Å². The van der Waals surface area contributed by atoms with Gasteiger partial charge in [0, 0.05) is 5.02 Å². The Kier molecular flexibility index (Phi) is 4.68. The molecule has 3 rings (SSSR count). The van der Waals surface area contributed by atoms with Gasteiger partial charge in [-0.15, -0.1) is 0 Å². The van der Waals surface area contributed by atoms with Crippen LogP contribution in [0.5, 0.6) is 0 Å². The lowest BCUT2D eigenvalue weighted by molar-refractivity contribution is -0.140. The Labute approximate surface area is 151 Å². The van der Waals surface area contributed by atoms with Gasteiger partial charge in [0.05, 0.1) is 11.4 Å². The van der Waals surface area contributed by atoms with E-state index in [1.165, 1.54) is 24.3 Å². The zero-order valence-electron chi connectivity index (χ0n) is 13.1. The highest BCUT2D eigenvalue weighted by Crippen LogP contribution is 2.22. The van der Waals surface area contributed by atoms with Gasteiger partial charge in [0.15, 0.2) is 0 Å². The SMILES string of the molecule is O=C(CN1C(=O)C(=O)N(c2ccccc2)C1=O)Nc1cc(Cl)ccc1F. The Hall–Kier alpha value is -3.26. The van der Waals surface area contributed by atoms with Crippen molar-refractivity contribution in [2.75, 3.05) is 16.8 Å². The summed E-state index contributed by atoms with van der Waals surface area (Å²) in [5.41, 5.74) is 0.00693. The molecule has 1 saturated heterocycles. The molecule has 5 amide bonds. The average molecular weight is 376 g/mol. The number of rotatable bonds is 4. The fraction of sp³-hybridized carbons (Fsp3) is 0.0588. The Morgan fingerprint density at radius 2 is 1.73 bits per heavy atom. The van der Waals surface area contributed by atoms with Crippen molar-refractivity contribution in [3.63, 3.8) is 0 Å². The fourth-order valence-electron chi connectivity index (χ4n) is 2.38. The second-order valence-corrected chi connectivity index (χ2v) is 5.76. The predicted molar refractivity (Wildman–Crippen MR) is 91.1 cm³/mol. The molecule has 1 heterocycles. The summed E-state index contributed by atoms with van der Waals surface area (Å²) < 4.78 is 13.7. The normalized spacial score (nSPS) is 14.2. The van der Waals surface area contributed by atoms with Crippen LogP contribution in [0.15, 0.2) is 48.5 Å². The van der Waals surface area contributed by atoms with E-state index in [1.807, 2.05) is 0 Å². The first-order chi connectivity index (χ1) is 12.4. The molecule has 1 fully saturated rings. The average Bonchev–Trinajstić information content (AvgIpc) is 2.82. The monoisotopic (exact) mass is 375 g/mol. The number of halogens is 2. The first-order valence-electron chi connectivity index (χ1n) is 7.38. The molecule has 9 heteroatoms. The first kappa shape index (κ1) is 17.6. The standard InChI is InChI=1S/C17H11ClFN3O4/c18-10-6-7-12(19)13(8-10)20-14(23)9-21-15(24)16(25)22(17(21)26)11-4-2-1-3-5-11/h1-8H,9H2,(H,20,23). The Bertz CT molecular complexity index is 919. The molecule has 2 aromatic carbocycles. The molecule has 7 nitrogen and oxygen atoms in total. The molecule has 0 aromatic heterocycles. The van der Waals surface area contributed by atoms with Crippen molar-refractivity contribution in [1.29, 1.82) is 0 Å². The van der Waals surface area contributed by atoms with Gasteiger partial charge in [0.1, 0.15) is 12.4 Å². The molecule has 26 heavy (non-hydrogen) atoms. The molecule has 0 bridgehead atoms. The number of carbonyl (C=O) groups excluding carboxylic acids is 4. The molecule has 0 aliphatic carbocycles. The van der Waals surface area contributed by atoms with E-state index in [4.69, 9.17) is 11.6 Å². The largest absolute Gasteiger partial charge is 0.339 e. The smallest absolute Gasteiger partial charge is 0.322 e. The van der Waals surface area contributed by atoms with Crippen LogP contribution in [0.2, 0.25) is 5.02 Å². The summed E-state index contributed by atoms with van der Waals surface area (Å²) in [6, 6.07) is 10.4. The van der Waals surface area contributed by atoms with Crippen molar-refractivity contribution >= 4 is 46.7 Å². The molecule has 0 spiro atoms. The van der Waals surface area contributed by atoms with E-state index in [9.17, 15) is 23.6 Å². The Balaban J connectivity index is 1.76. The van der Waals surface area contributed by atoms with Crippen molar-refractivity contribution in [1.82, 2.24) is 4.90 Å². The Morgan fingerprint density at radius 3 is 2.42 bits per heavy atom. The molecular formula is C17H11ClFN3O4. The van der Waals surface area contributed by atoms with Crippen molar-refractivity contribution in [3.8, 4) is 0 Å². The third-order valence-corrected chi connectivity index (χ3v) is 3.81. The highest BCUT2D eigenvalue weighted by Gasteiger charge is 2.46. The molecule has 2 aromatic rings. The van der Waals surface area contributed by atoms with Crippen LogP contribution >= 0.6 is 11.6 Å². The number of carbonyl (C=O) groups is 4. The van der Waals surface area contributed by atoms with Crippen LogP contribution in [0.3, 0.4) is 0 Å². The van der Waals surface area contributed by atoms with Crippen molar-refractivity contribution in [3.05, 3.63) is 59.4 Å². The van der Waals surface area contributed by atoms with Gasteiger partial charge in [-0.2, -0.15) is 0 Å². The van der Waals surface area contributed by atoms with Crippen LogP contribution in [0.25, 0.3) is 0 Å². The van der Waals surface area contributed by atoms with E-state index in [-0.39, 0.29) is 16.4 Å². The van der Waals surface area contributed by atoms with Crippen molar-refractivity contribution in [2.45, 2.75) is 0 Å². The van der Waals surface area contributed by atoms with E-state index in [0.29, 0.717) is 9.80 Å². The summed E-state index contributed by atoms with van der Waals surface area (Å²) in [6.07, 6.45) is 0. The number of hydrogen-bond acceptors (Lipinski definition) is 4. The second-order valence-electron chi connectivity index (χ2n) is 5.32. The summed E-state index contributed by atoms with van der Waals surface area (Å²) in [4.78, 5) is 49.7. The number of imide groups is 2. The molecule has 0 saturated carbocycles. The van der Waals surface area contributed by atoms with Crippen LogP contribution in [-0.4, -0.2) is 35.2 Å². The minimum absolute atomic E-state index is 0.195. The fourth-order valence-corrected chi connectivity index (χ4v) is 2.55. The van der Waals surface area contributed by atoms with Gasteiger partial charge in [-0.25, -0.2) is 19.0 Å². The third kappa shape index (κ3) is 3.27. The Morgan fingerprint density at radius 1 is 1.04 bits per heavy atom. The van der Waals surface area contributed by atoms with Crippen LogP contribution in [0.1, 0.15) is 0 Å². The maximum atomic E-state index is 13.7. The maximum absolute atomic E-state index is 13.7. The van der Waals surface area contributed by atoms with Gasteiger partial charge in [-0.05, 0) is 30.3 Å². The third-order valence-electron chi connectivity index (χ3n) is 3.57. The topological polar surface area (TPSA) is 86.8 Å². The second kappa shape index (κ2) is 6.93. The van der Waals surface area contributed by atoms with Gasteiger partial charge in [-0.1, -0.05) is 29.8 Å². The van der Waals surface area contributed by atoms with Crippen LogP contribution in [-0.2, 0) is 14.4 Å². The lowest BCUT2D eigenvalue weighted by Crippen LogP contribution is -2.39. The molecule has 1 aliphatic rings. The number of amides is 5. The molecule has 132 valence electrons. The number of benzene rings is 2. The lowest BCUT2D eigenvalue weighted by atomic mass is 10.3. The van der Waals surface area contributed by atoms with E-state index in [2.05, 4.69) is 5.32 Å². The van der Waals surface area contributed by atoms with Gasteiger partial charge in [0.25, 0.3) is 0 Å². The predicted octanol–water partition coefficient (Wildman–Crippen LogP) is 2.41. The summed E-state index contributed by atoms with van der Waals surface area (Å²) in [7, 11) is 0. The van der Waals surface area contributed by atoms with E-state index in [1.54, 1.807) is 18.2 Å². The van der Waals surface area contributed by atoms with E-state index >= 15 is 0 Å². The molecule has 0 unspecified atom stereocenters. The van der Waals surface area contributed by atoms with Crippen molar-refractivity contribution in [2.24, 2.45) is 0 Å². The number of nitrogens with one attached hydrogen (secondary N) is 1. The van der Waals surface area contributed by atoms with Gasteiger partial charge < -0.3 is 5.32 Å². The van der Waals surface area contributed by atoms with Crippen LogP contribution in [0.4, 0.5) is 20.6 Å². The minimum atomic E-state index is -1.14. The quantitative estimate of drug-likeness (QED) is 0.656. The maximum Gasteiger partial charge on any atom is 0.339 e. The number of para-hydroxylation sites is 1. The van der Waals surface area contributed by atoms with Crippen molar-refractivity contribution < 1.29 is 23.6 Å². The van der Waals surface area contributed by atoms with Crippen LogP contribution in [0, 0.1) is 5.82 Å².